The second-order valence-corrected chi connectivity index (χ2v) is 7.69. The molecule has 0 aromatic carbocycles. The van der Waals surface area contributed by atoms with E-state index in [9.17, 15) is 4.79 Å². The number of aliphatic hydroxyl groups is 1. The number of aliphatic hydroxyl groups excluding tert-OH is 1. The maximum Gasteiger partial charge on any atom is 0.246 e. The maximum atomic E-state index is 12.4. The van der Waals surface area contributed by atoms with E-state index < -0.39 is 0 Å². The van der Waals surface area contributed by atoms with Gasteiger partial charge in [-0.2, -0.15) is 5.10 Å². The van der Waals surface area contributed by atoms with Crippen molar-refractivity contribution in [2.75, 3.05) is 19.7 Å². The fourth-order valence-electron chi connectivity index (χ4n) is 3.31. The molecule has 1 aromatic heterocycles. The number of amides is 1. The topological polar surface area (TPSA) is 58.4 Å². The number of rotatable bonds is 7. The van der Waals surface area contributed by atoms with Gasteiger partial charge >= 0.3 is 0 Å². The molecule has 1 fully saturated rings. The Morgan fingerprint density at radius 1 is 1.40 bits per heavy atom. The third kappa shape index (κ3) is 5.58. The number of carbonyl (C=O) groups is 1. The molecule has 0 atom stereocenters. The van der Waals surface area contributed by atoms with Gasteiger partial charge in [0.15, 0.2) is 0 Å². The molecule has 140 valence electrons. The molecule has 0 aliphatic carbocycles. The molecule has 1 aromatic rings. The highest BCUT2D eigenvalue weighted by Crippen LogP contribution is 2.24. The van der Waals surface area contributed by atoms with Gasteiger partial charge in [0, 0.05) is 37.9 Å². The highest BCUT2D eigenvalue weighted by molar-refractivity contribution is 6.31. The van der Waals surface area contributed by atoms with Crippen molar-refractivity contribution in [1.82, 2.24) is 14.7 Å². The molecule has 0 unspecified atom stereocenters. The van der Waals surface area contributed by atoms with Gasteiger partial charge in [0.1, 0.15) is 5.15 Å². The van der Waals surface area contributed by atoms with E-state index in [1.54, 1.807) is 16.8 Å². The summed E-state index contributed by atoms with van der Waals surface area (Å²) in [4.78, 5) is 14.3. The SMILES string of the molecule is Cc1nn(CC(C)C)c(Cl)c1C=CC(=O)N1CCC(CCCO)CC1. The Morgan fingerprint density at radius 2 is 2.08 bits per heavy atom. The number of likely N-dealkylation sites (tertiary alicyclic amines) is 1. The van der Waals surface area contributed by atoms with Crippen LogP contribution in [0.4, 0.5) is 0 Å². The summed E-state index contributed by atoms with van der Waals surface area (Å²) in [5.74, 6) is 1.13. The van der Waals surface area contributed by atoms with Gasteiger partial charge in [-0.05, 0) is 50.5 Å². The molecule has 0 spiro atoms. The van der Waals surface area contributed by atoms with Crippen LogP contribution in [-0.2, 0) is 11.3 Å². The summed E-state index contributed by atoms with van der Waals surface area (Å²) in [7, 11) is 0. The van der Waals surface area contributed by atoms with Gasteiger partial charge in [0.25, 0.3) is 0 Å². The first kappa shape index (κ1) is 20.0. The van der Waals surface area contributed by atoms with Crippen LogP contribution in [0, 0.1) is 18.8 Å². The zero-order valence-corrected chi connectivity index (χ0v) is 16.3. The second kappa shape index (κ2) is 9.39. The van der Waals surface area contributed by atoms with Crippen LogP contribution in [0.25, 0.3) is 6.08 Å². The van der Waals surface area contributed by atoms with Gasteiger partial charge < -0.3 is 10.0 Å². The van der Waals surface area contributed by atoms with Crippen LogP contribution in [0.1, 0.15) is 50.8 Å². The van der Waals surface area contributed by atoms with Gasteiger partial charge in [-0.1, -0.05) is 25.4 Å². The molecule has 2 heterocycles. The molecule has 0 saturated carbocycles. The van der Waals surface area contributed by atoms with E-state index in [1.165, 1.54) is 0 Å². The van der Waals surface area contributed by atoms with Crippen LogP contribution in [0.5, 0.6) is 0 Å². The van der Waals surface area contributed by atoms with Crippen LogP contribution >= 0.6 is 11.6 Å². The molecule has 6 heteroatoms. The maximum absolute atomic E-state index is 12.4. The lowest BCUT2D eigenvalue weighted by Crippen LogP contribution is -2.37. The summed E-state index contributed by atoms with van der Waals surface area (Å²) < 4.78 is 1.80. The van der Waals surface area contributed by atoms with Crippen molar-refractivity contribution in [3.8, 4) is 0 Å². The lowest BCUT2D eigenvalue weighted by molar-refractivity contribution is -0.127. The third-order valence-electron chi connectivity index (χ3n) is 4.74. The highest BCUT2D eigenvalue weighted by Gasteiger charge is 2.21. The largest absolute Gasteiger partial charge is 0.396 e. The Morgan fingerprint density at radius 3 is 2.68 bits per heavy atom. The first-order valence-electron chi connectivity index (χ1n) is 9.23. The minimum Gasteiger partial charge on any atom is -0.396 e. The smallest absolute Gasteiger partial charge is 0.246 e. The summed E-state index contributed by atoms with van der Waals surface area (Å²) in [6.45, 7) is 8.76. The summed E-state index contributed by atoms with van der Waals surface area (Å²) >= 11 is 6.41. The number of aryl methyl sites for hydroxylation is 1. The lowest BCUT2D eigenvalue weighted by atomic mass is 9.92. The molecular formula is C19H30ClN3O2. The summed E-state index contributed by atoms with van der Waals surface area (Å²) in [6, 6.07) is 0. The van der Waals surface area contributed by atoms with E-state index in [2.05, 4.69) is 18.9 Å². The highest BCUT2D eigenvalue weighted by atomic mass is 35.5. The van der Waals surface area contributed by atoms with E-state index in [1.807, 2.05) is 11.8 Å². The van der Waals surface area contributed by atoms with Gasteiger partial charge in [0.05, 0.1) is 5.69 Å². The van der Waals surface area contributed by atoms with Crippen LogP contribution in [0.2, 0.25) is 5.15 Å². The lowest BCUT2D eigenvalue weighted by Gasteiger charge is -2.31. The number of nitrogens with zero attached hydrogens (tertiary/aromatic N) is 3. The third-order valence-corrected chi connectivity index (χ3v) is 5.14. The molecule has 5 nitrogen and oxygen atoms in total. The van der Waals surface area contributed by atoms with Crippen LogP contribution < -0.4 is 0 Å². The van der Waals surface area contributed by atoms with Gasteiger partial charge in [-0.3, -0.25) is 9.48 Å². The van der Waals surface area contributed by atoms with Crippen molar-refractivity contribution in [2.24, 2.45) is 11.8 Å². The Labute approximate surface area is 155 Å². The van der Waals surface area contributed by atoms with Gasteiger partial charge in [-0.15, -0.1) is 0 Å². The first-order valence-corrected chi connectivity index (χ1v) is 9.61. The van der Waals surface area contributed by atoms with Crippen molar-refractivity contribution in [2.45, 2.75) is 53.0 Å². The Bertz CT molecular complexity index is 602. The van der Waals surface area contributed by atoms with Gasteiger partial charge in [-0.25, -0.2) is 0 Å². The molecule has 2 rings (SSSR count). The van der Waals surface area contributed by atoms with E-state index in [4.69, 9.17) is 16.7 Å². The Balaban J connectivity index is 1.94. The Hall–Kier alpha value is -1.33. The van der Waals surface area contributed by atoms with Crippen molar-refractivity contribution in [3.63, 3.8) is 0 Å². The minimum atomic E-state index is 0.0349. The second-order valence-electron chi connectivity index (χ2n) is 7.33. The zero-order valence-electron chi connectivity index (χ0n) is 15.5. The summed E-state index contributed by atoms with van der Waals surface area (Å²) in [5, 5.41) is 14.0. The molecule has 1 aliphatic rings. The summed E-state index contributed by atoms with van der Waals surface area (Å²) in [6.07, 6.45) is 7.36. The van der Waals surface area contributed by atoms with Crippen LogP contribution in [0.15, 0.2) is 6.08 Å². The number of aromatic nitrogens is 2. The van der Waals surface area contributed by atoms with E-state index >= 15 is 0 Å². The minimum absolute atomic E-state index is 0.0349. The standard InChI is InChI=1S/C19H30ClN3O2/c1-14(2)13-23-19(20)17(15(3)21-23)6-7-18(25)22-10-8-16(9-11-22)5-4-12-24/h6-7,14,16,24H,4-5,8-13H2,1-3H3. The summed E-state index contributed by atoms with van der Waals surface area (Å²) in [5.41, 5.74) is 1.67. The van der Waals surface area contributed by atoms with E-state index in [-0.39, 0.29) is 12.5 Å². The average Bonchev–Trinajstić information content (AvgIpc) is 2.84. The number of halogens is 1. The zero-order chi connectivity index (χ0) is 18.4. The molecule has 1 saturated heterocycles. The number of carbonyl (C=O) groups excluding carboxylic acids is 1. The quantitative estimate of drug-likeness (QED) is 0.750. The van der Waals surface area contributed by atoms with Crippen molar-refractivity contribution in [1.29, 1.82) is 0 Å². The molecule has 25 heavy (non-hydrogen) atoms. The van der Waals surface area contributed by atoms with Crippen LogP contribution in [-0.4, -0.2) is 45.4 Å². The molecular weight excluding hydrogens is 338 g/mol. The predicted molar refractivity (Wildman–Crippen MR) is 101 cm³/mol. The Kier molecular flexibility index (Phi) is 7.51. The number of hydrogen-bond acceptors (Lipinski definition) is 3. The molecule has 1 aliphatic heterocycles. The molecule has 0 bridgehead atoms. The average molecular weight is 368 g/mol. The fourth-order valence-corrected chi connectivity index (χ4v) is 3.61. The van der Waals surface area contributed by atoms with E-state index in [0.29, 0.717) is 17.0 Å². The van der Waals surface area contributed by atoms with E-state index in [0.717, 1.165) is 56.6 Å². The number of piperidine rings is 1. The fraction of sp³-hybridized carbons (Fsp3) is 0.684. The normalized spacial score (nSPS) is 16.3. The van der Waals surface area contributed by atoms with Crippen LogP contribution in [0.3, 0.4) is 0 Å². The predicted octanol–water partition coefficient (Wildman–Crippen LogP) is 3.53. The first-order chi connectivity index (χ1) is 11.9. The molecule has 1 amide bonds. The van der Waals surface area contributed by atoms with Crippen molar-refractivity contribution in [3.05, 3.63) is 22.5 Å². The van der Waals surface area contributed by atoms with Gasteiger partial charge in [0.2, 0.25) is 5.91 Å². The molecule has 1 N–H and O–H groups in total. The number of hydrogen-bond donors (Lipinski definition) is 1. The van der Waals surface area contributed by atoms with Crippen molar-refractivity contribution >= 4 is 23.6 Å². The monoisotopic (exact) mass is 367 g/mol. The van der Waals surface area contributed by atoms with Crippen molar-refractivity contribution < 1.29 is 9.90 Å². The molecule has 0 radical (unpaired) electrons.